The van der Waals surface area contributed by atoms with Crippen molar-refractivity contribution in [1.82, 2.24) is 4.90 Å². The van der Waals surface area contributed by atoms with Crippen LogP contribution in [0, 0.1) is 0 Å². The average molecular weight is 271 g/mol. The first-order valence-electron chi connectivity index (χ1n) is 6.10. The summed E-state index contributed by atoms with van der Waals surface area (Å²) in [6.45, 7) is 4.29. The minimum Gasteiger partial charge on any atom is -0.495 e. The maximum Gasteiger partial charge on any atom is 0.137 e. The number of benzene rings is 1. The zero-order valence-electron chi connectivity index (χ0n) is 10.6. The molecular weight excluding hydrogens is 252 g/mol. The SMILES string of the molecule is COc1ccc(C(N)CN2CCOCC2)cc1Cl. The van der Waals surface area contributed by atoms with Crippen LogP contribution in [0.2, 0.25) is 5.02 Å². The second kappa shape index (κ2) is 6.38. The summed E-state index contributed by atoms with van der Waals surface area (Å²) in [6, 6.07) is 5.67. The Morgan fingerprint density at radius 3 is 2.78 bits per heavy atom. The maximum absolute atomic E-state index is 6.20. The van der Waals surface area contributed by atoms with Gasteiger partial charge in [-0.2, -0.15) is 0 Å². The van der Waals surface area contributed by atoms with E-state index in [-0.39, 0.29) is 6.04 Å². The number of hydrogen-bond acceptors (Lipinski definition) is 4. The standard InChI is InChI=1S/C13H19ClN2O2/c1-17-13-3-2-10(8-11(13)14)12(15)9-16-4-6-18-7-5-16/h2-3,8,12H,4-7,9,15H2,1H3. The molecule has 1 aromatic rings. The van der Waals surface area contributed by atoms with Crippen LogP contribution < -0.4 is 10.5 Å². The Bertz CT molecular complexity index is 395. The molecule has 1 heterocycles. The number of rotatable bonds is 4. The van der Waals surface area contributed by atoms with E-state index >= 15 is 0 Å². The number of halogens is 1. The Morgan fingerprint density at radius 1 is 1.44 bits per heavy atom. The lowest BCUT2D eigenvalue weighted by Crippen LogP contribution is -2.40. The summed E-state index contributed by atoms with van der Waals surface area (Å²) in [5.41, 5.74) is 7.24. The minimum atomic E-state index is -0.0356. The molecule has 0 spiro atoms. The molecule has 1 unspecified atom stereocenters. The molecule has 2 N–H and O–H groups in total. The highest BCUT2D eigenvalue weighted by Gasteiger charge is 2.16. The van der Waals surface area contributed by atoms with Crippen molar-refractivity contribution in [3.05, 3.63) is 28.8 Å². The molecule has 5 heteroatoms. The Labute approximate surface area is 113 Å². The van der Waals surface area contributed by atoms with Crippen molar-refractivity contribution in [2.75, 3.05) is 40.0 Å². The molecule has 100 valence electrons. The highest BCUT2D eigenvalue weighted by atomic mass is 35.5. The average Bonchev–Trinajstić information content (AvgIpc) is 2.39. The summed E-state index contributed by atoms with van der Waals surface area (Å²) in [7, 11) is 1.61. The van der Waals surface area contributed by atoms with E-state index in [4.69, 9.17) is 26.8 Å². The highest BCUT2D eigenvalue weighted by molar-refractivity contribution is 6.32. The smallest absolute Gasteiger partial charge is 0.137 e. The number of ether oxygens (including phenoxy) is 2. The summed E-state index contributed by atoms with van der Waals surface area (Å²) in [5, 5.41) is 0.604. The van der Waals surface area contributed by atoms with Crippen molar-refractivity contribution >= 4 is 11.6 Å². The number of nitrogens with zero attached hydrogens (tertiary/aromatic N) is 1. The monoisotopic (exact) mass is 270 g/mol. The molecule has 1 aliphatic rings. The van der Waals surface area contributed by atoms with E-state index in [0.717, 1.165) is 38.4 Å². The first-order chi connectivity index (χ1) is 8.70. The second-order valence-corrected chi connectivity index (χ2v) is 4.82. The topological polar surface area (TPSA) is 47.7 Å². The number of methoxy groups -OCH3 is 1. The summed E-state index contributed by atoms with van der Waals surface area (Å²) >= 11 is 6.10. The van der Waals surface area contributed by atoms with Crippen molar-refractivity contribution in [2.24, 2.45) is 5.73 Å². The number of hydrogen-bond donors (Lipinski definition) is 1. The van der Waals surface area contributed by atoms with Gasteiger partial charge in [-0.05, 0) is 17.7 Å². The van der Waals surface area contributed by atoms with E-state index < -0.39 is 0 Å². The van der Waals surface area contributed by atoms with E-state index in [0.29, 0.717) is 10.8 Å². The van der Waals surface area contributed by atoms with E-state index in [1.165, 1.54) is 0 Å². The van der Waals surface area contributed by atoms with Gasteiger partial charge in [-0.3, -0.25) is 4.90 Å². The van der Waals surface area contributed by atoms with Gasteiger partial charge in [0.2, 0.25) is 0 Å². The molecule has 0 saturated carbocycles. The molecule has 4 nitrogen and oxygen atoms in total. The van der Waals surface area contributed by atoms with Gasteiger partial charge in [0, 0.05) is 25.7 Å². The van der Waals surface area contributed by atoms with Crippen LogP contribution in [0.4, 0.5) is 0 Å². The molecule has 18 heavy (non-hydrogen) atoms. The van der Waals surface area contributed by atoms with Gasteiger partial charge in [-0.25, -0.2) is 0 Å². The molecule has 0 amide bonds. The van der Waals surface area contributed by atoms with Gasteiger partial charge < -0.3 is 15.2 Å². The van der Waals surface area contributed by atoms with Crippen LogP contribution in [0.5, 0.6) is 5.75 Å². The first-order valence-corrected chi connectivity index (χ1v) is 6.47. The molecule has 1 aromatic carbocycles. The van der Waals surface area contributed by atoms with Gasteiger partial charge in [0.25, 0.3) is 0 Å². The second-order valence-electron chi connectivity index (χ2n) is 4.41. The number of morpholine rings is 1. The lowest BCUT2D eigenvalue weighted by atomic mass is 10.1. The normalized spacial score (nSPS) is 18.6. The molecule has 1 fully saturated rings. The first kappa shape index (κ1) is 13.6. The van der Waals surface area contributed by atoms with Crippen molar-refractivity contribution in [3.8, 4) is 5.75 Å². The van der Waals surface area contributed by atoms with E-state index in [2.05, 4.69) is 4.90 Å². The lowest BCUT2D eigenvalue weighted by molar-refractivity contribution is 0.0352. The molecular formula is C13H19ClN2O2. The van der Waals surface area contributed by atoms with Gasteiger partial charge in [-0.15, -0.1) is 0 Å². The molecule has 0 aliphatic carbocycles. The van der Waals surface area contributed by atoms with E-state index in [1.807, 2.05) is 18.2 Å². The quantitative estimate of drug-likeness (QED) is 0.904. The molecule has 1 atom stereocenters. The Balaban J connectivity index is 1.99. The van der Waals surface area contributed by atoms with Crippen LogP contribution in [0.3, 0.4) is 0 Å². The zero-order valence-corrected chi connectivity index (χ0v) is 11.3. The van der Waals surface area contributed by atoms with Gasteiger partial charge in [0.15, 0.2) is 0 Å². The van der Waals surface area contributed by atoms with Crippen LogP contribution in [0.15, 0.2) is 18.2 Å². The Hall–Kier alpha value is -0.810. The van der Waals surface area contributed by atoms with Crippen molar-refractivity contribution < 1.29 is 9.47 Å². The maximum atomic E-state index is 6.20. The fourth-order valence-electron chi connectivity index (χ4n) is 2.08. The fraction of sp³-hybridized carbons (Fsp3) is 0.538. The number of nitrogens with two attached hydrogens (primary N) is 1. The summed E-state index contributed by atoms with van der Waals surface area (Å²) in [5.74, 6) is 0.680. The van der Waals surface area contributed by atoms with Gasteiger partial charge >= 0.3 is 0 Å². The highest BCUT2D eigenvalue weighted by Crippen LogP contribution is 2.27. The zero-order chi connectivity index (χ0) is 13.0. The van der Waals surface area contributed by atoms with E-state index in [1.54, 1.807) is 7.11 Å². The Kier molecular flexibility index (Phi) is 4.83. The molecule has 1 saturated heterocycles. The van der Waals surface area contributed by atoms with E-state index in [9.17, 15) is 0 Å². The third-order valence-corrected chi connectivity index (χ3v) is 3.46. The van der Waals surface area contributed by atoms with Gasteiger partial charge in [0.05, 0.1) is 25.3 Å². The van der Waals surface area contributed by atoms with Crippen LogP contribution >= 0.6 is 11.6 Å². The molecule has 0 aromatic heterocycles. The Morgan fingerprint density at radius 2 is 2.17 bits per heavy atom. The molecule has 0 radical (unpaired) electrons. The predicted octanol–water partition coefficient (Wildman–Crippen LogP) is 1.68. The summed E-state index contributed by atoms with van der Waals surface area (Å²) in [4.78, 5) is 2.31. The summed E-state index contributed by atoms with van der Waals surface area (Å²) in [6.07, 6.45) is 0. The largest absolute Gasteiger partial charge is 0.495 e. The van der Waals surface area contributed by atoms with Crippen LogP contribution in [-0.2, 0) is 4.74 Å². The third-order valence-electron chi connectivity index (χ3n) is 3.16. The molecule has 0 bridgehead atoms. The summed E-state index contributed by atoms with van der Waals surface area (Å²) < 4.78 is 10.4. The minimum absolute atomic E-state index is 0.0356. The molecule has 2 rings (SSSR count). The van der Waals surface area contributed by atoms with Gasteiger partial charge in [0.1, 0.15) is 5.75 Å². The lowest BCUT2D eigenvalue weighted by Gasteiger charge is -2.29. The third kappa shape index (κ3) is 3.36. The predicted molar refractivity (Wildman–Crippen MR) is 72.2 cm³/mol. The van der Waals surface area contributed by atoms with Crippen molar-refractivity contribution in [3.63, 3.8) is 0 Å². The molecule has 1 aliphatic heterocycles. The van der Waals surface area contributed by atoms with Crippen LogP contribution in [0.1, 0.15) is 11.6 Å². The van der Waals surface area contributed by atoms with Crippen molar-refractivity contribution in [1.29, 1.82) is 0 Å². The fourth-order valence-corrected chi connectivity index (χ4v) is 2.35. The van der Waals surface area contributed by atoms with Crippen molar-refractivity contribution in [2.45, 2.75) is 6.04 Å². The van der Waals surface area contributed by atoms with Crippen LogP contribution in [-0.4, -0.2) is 44.9 Å². The van der Waals surface area contributed by atoms with Gasteiger partial charge in [-0.1, -0.05) is 17.7 Å². The van der Waals surface area contributed by atoms with Crippen LogP contribution in [0.25, 0.3) is 0 Å².